The van der Waals surface area contributed by atoms with Gasteiger partial charge in [-0.15, -0.1) is 0 Å². The maximum absolute atomic E-state index is 11.6. The van der Waals surface area contributed by atoms with Gasteiger partial charge in [0.05, 0.1) is 11.0 Å². The third kappa shape index (κ3) is 4.88. The molecule has 1 aliphatic heterocycles. The predicted molar refractivity (Wildman–Crippen MR) is 82.0 cm³/mol. The Balaban J connectivity index is 1.64. The largest absolute Gasteiger partial charge is 0.378 e. The van der Waals surface area contributed by atoms with Gasteiger partial charge in [0.15, 0.2) is 0 Å². The van der Waals surface area contributed by atoms with Crippen molar-refractivity contribution in [2.45, 2.75) is 18.9 Å². The third-order valence-corrected chi connectivity index (χ3v) is 3.34. The topological polar surface area (TPSA) is 106 Å². The standard InChI is InChI=1S/C14H20N4O4/c19-14(17-10-11-4-3-9-22-11)16-8-7-15-12-5-1-2-6-13(12)18(20)21/h1-2,5-6,11,15H,3-4,7-10H2,(H2,16,17,19). The molecular formula is C14H20N4O4. The molecule has 1 fully saturated rings. The van der Waals surface area contributed by atoms with Gasteiger partial charge in [-0.05, 0) is 18.9 Å². The average molecular weight is 308 g/mol. The Morgan fingerprint density at radius 1 is 1.32 bits per heavy atom. The number of carbonyl (C=O) groups is 1. The fourth-order valence-corrected chi connectivity index (χ4v) is 2.23. The van der Waals surface area contributed by atoms with Crippen molar-refractivity contribution in [2.24, 2.45) is 0 Å². The van der Waals surface area contributed by atoms with Gasteiger partial charge < -0.3 is 20.7 Å². The lowest BCUT2D eigenvalue weighted by Gasteiger charge is -2.12. The molecule has 2 rings (SSSR count). The van der Waals surface area contributed by atoms with Crippen molar-refractivity contribution >= 4 is 17.4 Å². The number of urea groups is 1. The van der Waals surface area contributed by atoms with E-state index in [-0.39, 0.29) is 17.8 Å². The zero-order valence-corrected chi connectivity index (χ0v) is 12.2. The van der Waals surface area contributed by atoms with Crippen molar-refractivity contribution in [1.29, 1.82) is 0 Å². The highest BCUT2D eigenvalue weighted by Crippen LogP contribution is 2.22. The smallest absolute Gasteiger partial charge is 0.314 e. The highest BCUT2D eigenvalue weighted by molar-refractivity contribution is 5.73. The minimum Gasteiger partial charge on any atom is -0.378 e. The van der Waals surface area contributed by atoms with Crippen molar-refractivity contribution in [3.05, 3.63) is 34.4 Å². The molecule has 3 N–H and O–H groups in total. The van der Waals surface area contributed by atoms with Gasteiger partial charge in [-0.25, -0.2) is 4.79 Å². The molecule has 1 atom stereocenters. The third-order valence-electron chi connectivity index (χ3n) is 3.34. The summed E-state index contributed by atoms with van der Waals surface area (Å²) in [6, 6.07) is 6.14. The van der Waals surface area contributed by atoms with Crippen LogP contribution >= 0.6 is 0 Å². The molecule has 1 aliphatic rings. The quantitative estimate of drug-likeness (QED) is 0.402. The summed E-state index contributed by atoms with van der Waals surface area (Å²) in [5.74, 6) is 0. The van der Waals surface area contributed by atoms with Crippen LogP contribution in [0.15, 0.2) is 24.3 Å². The second kappa shape index (κ2) is 8.18. The number of nitrogens with one attached hydrogen (secondary N) is 3. The van der Waals surface area contributed by atoms with E-state index in [1.54, 1.807) is 18.2 Å². The maximum Gasteiger partial charge on any atom is 0.314 e. The Labute approximate surface area is 128 Å². The molecule has 8 nitrogen and oxygen atoms in total. The Hall–Kier alpha value is -2.35. The maximum atomic E-state index is 11.6. The fraction of sp³-hybridized carbons (Fsp3) is 0.500. The lowest BCUT2D eigenvalue weighted by atomic mass is 10.2. The molecule has 1 saturated heterocycles. The van der Waals surface area contributed by atoms with Crippen molar-refractivity contribution in [2.75, 3.05) is 31.6 Å². The van der Waals surface area contributed by atoms with Gasteiger partial charge in [0, 0.05) is 32.3 Å². The van der Waals surface area contributed by atoms with E-state index in [2.05, 4.69) is 16.0 Å². The lowest BCUT2D eigenvalue weighted by molar-refractivity contribution is -0.384. The van der Waals surface area contributed by atoms with Crippen LogP contribution in [0.25, 0.3) is 0 Å². The molecule has 0 saturated carbocycles. The van der Waals surface area contributed by atoms with Crippen molar-refractivity contribution < 1.29 is 14.5 Å². The second-order valence-corrected chi connectivity index (χ2v) is 4.97. The highest BCUT2D eigenvalue weighted by atomic mass is 16.6. The van der Waals surface area contributed by atoms with E-state index in [9.17, 15) is 14.9 Å². The van der Waals surface area contributed by atoms with Crippen LogP contribution in [-0.4, -0.2) is 43.3 Å². The van der Waals surface area contributed by atoms with Crippen LogP contribution in [0, 0.1) is 10.1 Å². The summed E-state index contributed by atoms with van der Waals surface area (Å²) < 4.78 is 5.40. The van der Waals surface area contributed by atoms with Crippen LogP contribution in [0.5, 0.6) is 0 Å². The van der Waals surface area contributed by atoms with E-state index in [1.165, 1.54) is 6.07 Å². The zero-order valence-electron chi connectivity index (χ0n) is 12.2. The molecule has 22 heavy (non-hydrogen) atoms. The fourth-order valence-electron chi connectivity index (χ4n) is 2.23. The predicted octanol–water partition coefficient (Wildman–Crippen LogP) is 1.48. The van der Waals surface area contributed by atoms with E-state index in [0.29, 0.717) is 25.3 Å². The number of nitro groups is 1. The molecule has 8 heteroatoms. The minimum absolute atomic E-state index is 0.0188. The molecule has 0 spiro atoms. The van der Waals surface area contributed by atoms with Crippen LogP contribution in [0.1, 0.15) is 12.8 Å². The number of nitrogens with zero attached hydrogens (tertiary/aromatic N) is 1. The normalized spacial score (nSPS) is 17.0. The molecule has 0 aliphatic carbocycles. The molecular weight excluding hydrogens is 288 g/mol. The Bertz CT molecular complexity index is 517. The van der Waals surface area contributed by atoms with E-state index < -0.39 is 4.92 Å². The average Bonchev–Trinajstić information content (AvgIpc) is 3.03. The molecule has 2 amide bonds. The summed E-state index contributed by atoms with van der Waals surface area (Å²) in [6.07, 6.45) is 2.11. The van der Waals surface area contributed by atoms with Gasteiger partial charge in [-0.3, -0.25) is 10.1 Å². The number of hydrogen-bond acceptors (Lipinski definition) is 5. The minimum atomic E-state index is -0.440. The second-order valence-electron chi connectivity index (χ2n) is 4.97. The number of para-hydroxylation sites is 2. The van der Waals surface area contributed by atoms with Crippen LogP contribution in [0.3, 0.4) is 0 Å². The zero-order chi connectivity index (χ0) is 15.8. The monoisotopic (exact) mass is 308 g/mol. The SMILES string of the molecule is O=C(NCCNc1ccccc1[N+](=O)[O-])NCC1CCCO1. The number of ether oxygens (including phenoxy) is 1. The summed E-state index contributed by atoms with van der Waals surface area (Å²) in [5.41, 5.74) is 0.458. The van der Waals surface area contributed by atoms with Crippen LogP contribution in [0.4, 0.5) is 16.2 Å². The summed E-state index contributed by atoms with van der Waals surface area (Å²) in [5, 5.41) is 19.2. The molecule has 0 radical (unpaired) electrons. The van der Waals surface area contributed by atoms with E-state index in [0.717, 1.165) is 19.4 Å². The first kappa shape index (κ1) is 16.0. The van der Waals surface area contributed by atoms with Crippen molar-refractivity contribution in [3.63, 3.8) is 0 Å². The first-order valence-electron chi connectivity index (χ1n) is 7.27. The number of amides is 2. The van der Waals surface area contributed by atoms with Crippen molar-refractivity contribution in [1.82, 2.24) is 10.6 Å². The summed E-state index contributed by atoms with van der Waals surface area (Å²) >= 11 is 0. The van der Waals surface area contributed by atoms with Crippen molar-refractivity contribution in [3.8, 4) is 0 Å². The van der Waals surface area contributed by atoms with Gasteiger partial charge >= 0.3 is 6.03 Å². The summed E-state index contributed by atoms with van der Waals surface area (Å²) in [6.45, 7) is 2.03. The number of hydrogen-bond donors (Lipinski definition) is 3. The summed E-state index contributed by atoms with van der Waals surface area (Å²) in [7, 11) is 0. The van der Waals surface area contributed by atoms with Gasteiger partial charge in [0.1, 0.15) is 5.69 Å². The van der Waals surface area contributed by atoms with Crippen LogP contribution in [-0.2, 0) is 4.74 Å². The van der Waals surface area contributed by atoms with Crippen LogP contribution in [0.2, 0.25) is 0 Å². The van der Waals surface area contributed by atoms with E-state index in [4.69, 9.17) is 4.74 Å². The van der Waals surface area contributed by atoms with Gasteiger partial charge in [-0.1, -0.05) is 12.1 Å². The molecule has 1 aromatic carbocycles. The van der Waals surface area contributed by atoms with E-state index >= 15 is 0 Å². The molecule has 0 aromatic heterocycles. The first-order valence-corrected chi connectivity index (χ1v) is 7.27. The number of carbonyl (C=O) groups excluding carboxylic acids is 1. The molecule has 1 unspecified atom stereocenters. The van der Waals surface area contributed by atoms with Gasteiger partial charge in [-0.2, -0.15) is 0 Å². The number of nitro benzene ring substituents is 1. The Morgan fingerprint density at radius 2 is 2.14 bits per heavy atom. The molecule has 120 valence electrons. The van der Waals surface area contributed by atoms with Gasteiger partial charge in [0.2, 0.25) is 0 Å². The molecule has 1 aromatic rings. The molecule has 0 bridgehead atoms. The number of anilines is 1. The summed E-state index contributed by atoms with van der Waals surface area (Å²) in [4.78, 5) is 22.0. The number of benzene rings is 1. The molecule has 1 heterocycles. The van der Waals surface area contributed by atoms with Crippen LogP contribution < -0.4 is 16.0 Å². The number of rotatable bonds is 7. The Morgan fingerprint density at radius 3 is 2.86 bits per heavy atom. The highest BCUT2D eigenvalue weighted by Gasteiger charge is 2.16. The lowest BCUT2D eigenvalue weighted by Crippen LogP contribution is -2.41. The van der Waals surface area contributed by atoms with E-state index in [1.807, 2.05) is 0 Å². The van der Waals surface area contributed by atoms with Gasteiger partial charge in [0.25, 0.3) is 5.69 Å². The first-order chi connectivity index (χ1) is 10.7. The Kier molecular flexibility index (Phi) is 5.96.